The standard InChI is InChI=1S/C15H18N2O2/c16-8-7-13-3-5-14(6-4-13)18-10-11-19-15-2-1-9-17-12-15/h1-6,9,12H,7-8,10-11,16H2. The van der Waals surface area contributed by atoms with Gasteiger partial charge in [0.25, 0.3) is 0 Å². The minimum atomic E-state index is 0.496. The van der Waals surface area contributed by atoms with Crippen LogP contribution in [0.3, 0.4) is 0 Å². The highest BCUT2D eigenvalue weighted by atomic mass is 16.5. The van der Waals surface area contributed by atoms with Gasteiger partial charge < -0.3 is 15.2 Å². The van der Waals surface area contributed by atoms with E-state index in [-0.39, 0.29) is 0 Å². The second-order valence-electron chi connectivity index (χ2n) is 4.07. The molecule has 0 aliphatic heterocycles. The summed E-state index contributed by atoms with van der Waals surface area (Å²) in [6.07, 6.45) is 4.29. The topological polar surface area (TPSA) is 57.4 Å². The van der Waals surface area contributed by atoms with Crippen LogP contribution in [0.1, 0.15) is 5.56 Å². The molecule has 4 heteroatoms. The van der Waals surface area contributed by atoms with Crippen molar-refractivity contribution in [3.05, 3.63) is 54.4 Å². The first-order valence-corrected chi connectivity index (χ1v) is 6.33. The number of nitrogens with two attached hydrogens (primary N) is 1. The molecule has 19 heavy (non-hydrogen) atoms. The molecule has 1 aromatic carbocycles. The number of benzene rings is 1. The van der Waals surface area contributed by atoms with Gasteiger partial charge in [0.15, 0.2) is 0 Å². The third-order valence-electron chi connectivity index (χ3n) is 2.61. The Kier molecular flexibility index (Phi) is 5.19. The first-order chi connectivity index (χ1) is 9.38. The Morgan fingerprint density at radius 1 is 0.947 bits per heavy atom. The molecule has 0 amide bonds. The average molecular weight is 258 g/mol. The zero-order valence-corrected chi connectivity index (χ0v) is 10.8. The van der Waals surface area contributed by atoms with Crippen molar-refractivity contribution >= 4 is 0 Å². The van der Waals surface area contributed by atoms with E-state index < -0.39 is 0 Å². The van der Waals surface area contributed by atoms with Crippen molar-refractivity contribution in [2.45, 2.75) is 6.42 Å². The molecular formula is C15H18N2O2. The molecule has 0 saturated heterocycles. The van der Waals surface area contributed by atoms with Gasteiger partial charge in [0.1, 0.15) is 24.7 Å². The number of aromatic nitrogens is 1. The monoisotopic (exact) mass is 258 g/mol. The third kappa shape index (κ3) is 4.60. The molecule has 100 valence electrons. The molecule has 2 N–H and O–H groups in total. The highest BCUT2D eigenvalue weighted by molar-refractivity contribution is 5.27. The predicted octanol–water partition coefficient (Wildman–Crippen LogP) is 2.04. The summed E-state index contributed by atoms with van der Waals surface area (Å²) in [5.74, 6) is 1.60. The summed E-state index contributed by atoms with van der Waals surface area (Å²) in [7, 11) is 0. The van der Waals surface area contributed by atoms with E-state index in [1.807, 2.05) is 36.4 Å². The highest BCUT2D eigenvalue weighted by Crippen LogP contribution is 2.12. The summed E-state index contributed by atoms with van der Waals surface area (Å²) < 4.78 is 11.1. The lowest BCUT2D eigenvalue weighted by atomic mass is 10.1. The van der Waals surface area contributed by atoms with Gasteiger partial charge in [0, 0.05) is 6.20 Å². The lowest BCUT2D eigenvalue weighted by Crippen LogP contribution is -2.09. The minimum Gasteiger partial charge on any atom is -0.490 e. The van der Waals surface area contributed by atoms with Crippen molar-refractivity contribution in [1.82, 2.24) is 4.98 Å². The van der Waals surface area contributed by atoms with Gasteiger partial charge in [0.05, 0.1) is 6.20 Å². The molecule has 0 aliphatic carbocycles. The number of hydrogen-bond donors (Lipinski definition) is 1. The quantitative estimate of drug-likeness (QED) is 0.772. The molecule has 0 aliphatic rings. The van der Waals surface area contributed by atoms with Crippen molar-refractivity contribution in [1.29, 1.82) is 0 Å². The summed E-state index contributed by atoms with van der Waals surface area (Å²) >= 11 is 0. The smallest absolute Gasteiger partial charge is 0.137 e. The van der Waals surface area contributed by atoms with Gasteiger partial charge in [-0.2, -0.15) is 0 Å². The highest BCUT2D eigenvalue weighted by Gasteiger charge is 1.96. The van der Waals surface area contributed by atoms with E-state index in [0.717, 1.165) is 17.9 Å². The van der Waals surface area contributed by atoms with Crippen LogP contribution in [0.5, 0.6) is 11.5 Å². The van der Waals surface area contributed by atoms with Gasteiger partial charge in [0.2, 0.25) is 0 Å². The van der Waals surface area contributed by atoms with E-state index in [4.69, 9.17) is 15.2 Å². The van der Waals surface area contributed by atoms with E-state index in [9.17, 15) is 0 Å². The van der Waals surface area contributed by atoms with Crippen LogP contribution in [0.4, 0.5) is 0 Å². The van der Waals surface area contributed by atoms with Crippen molar-refractivity contribution in [2.75, 3.05) is 19.8 Å². The Balaban J connectivity index is 1.70. The zero-order chi connectivity index (χ0) is 13.3. The molecule has 2 aromatic rings. The van der Waals surface area contributed by atoms with Crippen LogP contribution in [-0.2, 0) is 6.42 Å². The molecular weight excluding hydrogens is 240 g/mol. The molecule has 4 nitrogen and oxygen atoms in total. The lowest BCUT2D eigenvalue weighted by molar-refractivity contribution is 0.216. The van der Waals surface area contributed by atoms with Gasteiger partial charge in [-0.1, -0.05) is 12.1 Å². The molecule has 0 saturated carbocycles. The van der Waals surface area contributed by atoms with Crippen LogP contribution < -0.4 is 15.2 Å². The van der Waals surface area contributed by atoms with Crippen molar-refractivity contribution in [3.8, 4) is 11.5 Å². The van der Waals surface area contributed by atoms with Crippen LogP contribution in [0.2, 0.25) is 0 Å². The fourth-order valence-electron chi connectivity index (χ4n) is 1.67. The normalized spacial score (nSPS) is 10.2. The Morgan fingerprint density at radius 3 is 2.32 bits per heavy atom. The maximum Gasteiger partial charge on any atom is 0.137 e. The Hall–Kier alpha value is -2.07. The van der Waals surface area contributed by atoms with E-state index in [1.54, 1.807) is 12.4 Å². The number of hydrogen-bond acceptors (Lipinski definition) is 4. The second kappa shape index (κ2) is 7.38. The first kappa shape index (κ1) is 13.4. The van der Waals surface area contributed by atoms with Gasteiger partial charge in [-0.25, -0.2) is 0 Å². The van der Waals surface area contributed by atoms with E-state index in [2.05, 4.69) is 4.98 Å². The maximum absolute atomic E-state index is 5.58. The van der Waals surface area contributed by atoms with E-state index >= 15 is 0 Å². The SMILES string of the molecule is NCCc1ccc(OCCOc2cccnc2)cc1. The Labute approximate surface area is 113 Å². The first-order valence-electron chi connectivity index (χ1n) is 6.33. The van der Waals surface area contributed by atoms with Crippen LogP contribution in [-0.4, -0.2) is 24.7 Å². The van der Waals surface area contributed by atoms with Crippen molar-refractivity contribution in [2.24, 2.45) is 5.73 Å². The molecule has 1 heterocycles. The lowest BCUT2D eigenvalue weighted by Gasteiger charge is -2.08. The summed E-state index contributed by atoms with van der Waals surface area (Å²) in [6.45, 7) is 1.67. The zero-order valence-electron chi connectivity index (χ0n) is 10.8. The third-order valence-corrected chi connectivity index (χ3v) is 2.61. The Morgan fingerprint density at radius 2 is 1.68 bits per heavy atom. The van der Waals surface area contributed by atoms with Crippen molar-refractivity contribution < 1.29 is 9.47 Å². The number of rotatable bonds is 7. The van der Waals surface area contributed by atoms with Crippen LogP contribution in [0, 0.1) is 0 Å². The molecule has 0 atom stereocenters. The molecule has 0 spiro atoms. The molecule has 1 aromatic heterocycles. The van der Waals surface area contributed by atoms with Gasteiger partial charge in [-0.3, -0.25) is 4.98 Å². The number of ether oxygens (including phenoxy) is 2. The van der Waals surface area contributed by atoms with Crippen LogP contribution >= 0.6 is 0 Å². The summed E-state index contributed by atoms with van der Waals surface area (Å²) in [6, 6.07) is 11.7. The van der Waals surface area contributed by atoms with Gasteiger partial charge >= 0.3 is 0 Å². The summed E-state index contributed by atoms with van der Waals surface area (Å²) in [5, 5.41) is 0. The van der Waals surface area contributed by atoms with Gasteiger partial charge in [-0.05, 0) is 42.8 Å². The number of pyridine rings is 1. The van der Waals surface area contributed by atoms with E-state index in [1.165, 1.54) is 5.56 Å². The predicted molar refractivity (Wildman–Crippen MR) is 74.4 cm³/mol. The minimum absolute atomic E-state index is 0.496. The summed E-state index contributed by atoms with van der Waals surface area (Å²) in [4.78, 5) is 3.97. The Bertz CT molecular complexity index is 471. The molecule has 0 radical (unpaired) electrons. The van der Waals surface area contributed by atoms with E-state index in [0.29, 0.717) is 19.8 Å². The van der Waals surface area contributed by atoms with Crippen LogP contribution in [0.25, 0.3) is 0 Å². The molecule has 0 fully saturated rings. The number of nitrogens with zero attached hydrogens (tertiary/aromatic N) is 1. The molecule has 0 bridgehead atoms. The maximum atomic E-state index is 5.58. The largest absolute Gasteiger partial charge is 0.490 e. The molecule has 0 unspecified atom stereocenters. The van der Waals surface area contributed by atoms with Gasteiger partial charge in [-0.15, -0.1) is 0 Å². The van der Waals surface area contributed by atoms with Crippen LogP contribution in [0.15, 0.2) is 48.8 Å². The second-order valence-corrected chi connectivity index (χ2v) is 4.07. The average Bonchev–Trinajstić information content (AvgIpc) is 2.47. The fourth-order valence-corrected chi connectivity index (χ4v) is 1.67. The fraction of sp³-hybridized carbons (Fsp3) is 0.267. The van der Waals surface area contributed by atoms with Crippen molar-refractivity contribution in [3.63, 3.8) is 0 Å². The summed E-state index contributed by atoms with van der Waals surface area (Å²) in [5.41, 5.74) is 6.72. The molecule has 2 rings (SSSR count).